The number of hydrogen-bond acceptors (Lipinski definition) is 6. The summed E-state index contributed by atoms with van der Waals surface area (Å²) in [5.74, 6) is -1.17. The summed E-state index contributed by atoms with van der Waals surface area (Å²) >= 11 is -6.42. The first kappa shape index (κ1) is 34.6. The third-order valence-corrected chi connectivity index (χ3v) is 13.6. The van der Waals surface area contributed by atoms with Crippen LogP contribution >= 0.6 is 0 Å². The number of unbranched alkanes of at least 4 members (excludes halogenated alkanes) is 11. The summed E-state index contributed by atoms with van der Waals surface area (Å²) < 4.78 is 23.0. The van der Waals surface area contributed by atoms with Gasteiger partial charge in [-0.2, -0.15) is 0 Å². The molecule has 0 aromatic rings. The topological polar surface area (TPSA) is 86.7 Å². The molecule has 0 aromatic carbocycles. The van der Waals surface area contributed by atoms with E-state index in [9.17, 15) is 17.7 Å². The fourth-order valence-electron chi connectivity index (χ4n) is 4.05. The number of rotatable bonds is 21. The van der Waals surface area contributed by atoms with Gasteiger partial charge in [-0.25, -0.2) is 0 Å². The molecule has 7 heteroatoms. The van der Waals surface area contributed by atoms with Crippen LogP contribution < -0.4 is 0 Å². The molecular formula is C29H52O6Ti. The van der Waals surface area contributed by atoms with Crippen LogP contribution in [0, 0.1) is 5.92 Å². The van der Waals surface area contributed by atoms with Gasteiger partial charge in [0, 0.05) is 0 Å². The Kier molecular flexibility index (Phi) is 16.5. The zero-order valence-electron chi connectivity index (χ0n) is 23.9. The molecule has 0 rings (SSSR count). The average Bonchev–Trinajstić information content (AvgIpc) is 2.78. The summed E-state index contributed by atoms with van der Waals surface area (Å²) in [6, 6.07) is 0. The minimum absolute atomic E-state index is 0.0210. The SMILES string of the molecule is C=C(C)C(=O)[O][Ti](=[O])([O]C(=O)C(=C)C)([C](=O)CCCCCCCCCCCCCCC(C)C)[CH](C)C. The normalized spacial score (nSPS) is 12.0. The zero-order valence-corrected chi connectivity index (χ0v) is 25.5. The van der Waals surface area contributed by atoms with E-state index in [4.69, 9.17) is 6.64 Å². The molecule has 0 aliphatic heterocycles. The van der Waals surface area contributed by atoms with Gasteiger partial charge in [-0.1, -0.05) is 33.1 Å². The molecule has 0 atom stereocenters. The molecule has 0 radical (unpaired) electrons. The van der Waals surface area contributed by atoms with Crippen molar-refractivity contribution in [2.24, 2.45) is 5.92 Å². The van der Waals surface area contributed by atoms with Crippen LogP contribution in [0.5, 0.6) is 0 Å². The van der Waals surface area contributed by atoms with E-state index in [0.717, 1.165) is 25.2 Å². The van der Waals surface area contributed by atoms with Crippen molar-refractivity contribution in [2.75, 3.05) is 0 Å². The van der Waals surface area contributed by atoms with Crippen molar-refractivity contribution in [1.82, 2.24) is 0 Å². The number of hydrogen-bond donors (Lipinski definition) is 0. The van der Waals surface area contributed by atoms with Crippen molar-refractivity contribution < 1.29 is 40.4 Å². The van der Waals surface area contributed by atoms with Gasteiger partial charge in [-0.05, 0) is 5.92 Å². The summed E-state index contributed by atoms with van der Waals surface area (Å²) in [5.41, 5.74) is -0.0420. The van der Waals surface area contributed by atoms with Crippen molar-refractivity contribution in [3.63, 3.8) is 0 Å². The van der Waals surface area contributed by atoms with Crippen molar-refractivity contribution in [1.29, 1.82) is 0 Å². The Morgan fingerprint density at radius 3 is 1.28 bits per heavy atom. The summed E-state index contributed by atoms with van der Waals surface area (Å²) in [5, 5.41) is 0. The average molecular weight is 545 g/mol. The van der Waals surface area contributed by atoms with E-state index in [1.807, 2.05) is 0 Å². The summed E-state index contributed by atoms with van der Waals surface area (Å²) in [6.45, 7) is 17.3. The second kappa shape index (κ2) is 17.2. The third-order valence-electron chi connectivity index (χ3n) is 6.70. The summed E-state index contributed by atoms with van der Waals surface area (Å²) in [4.78, 5) is 37.8. The Bertz CT molecular complexity index is 777. The van der Waals surface area contributed by atoms with E-state index in [1.54, 1.807) is 0 Å². The molecule has 0 fully saturated rings. The van der Waals surface area contributed by atoms with E-state index in [2.05, 4.69) is 27.0 Å². The Labute approximate surface area is 221 Å². The van der Waals surface area contributed by atoms with Gasteiger partial charge in [0.1, 0.15) is 0 Å². The molecule has 0 aromatic heterocycles. The fraction of sp³-hybridized carbons (Fsp3) is 0.759. The van der Waals surface area contributed by atoms with E-state index < -0.39 is 36.3 Å². The van der Waals surface area contributed by atoms with Crippen LogP contribution in [-0.2, 0) is 40.4 Å². The van der Waals surface area contributed by atoms with Crippen LogP contribution in [0.4, 0.5) is 0 Å². The Morgan fingerprint density at radius 2 is 0.972 bits per heavy atom. The van der Waals surface area contributed by atoms with Crippen LogP contribution in [0.2, 0.25) is 4.22 Å². The standard InChI is InChI=1S/C18H35O.2C4H6O2.C3H7.O.Ti/c1-18(2)16-14-12-10-8-6-4-3-5-7-9-11-13-15-17-19;2*1-3(2)4(5)6;1-3-2;;/h18H,3-16H2,1-2H3;2*1H2,2H3,(H,5,6);3H,1-2H3;;/q;;;;;+2/p-2. The van der Waals surface area contributed by atoms with Crippen LogP contribution in [-0.4, -0.2) is 16.0 Å². The molecule has 0 heterocycles. The van der Waals surface area contributed by atoms with Gasteiger partial charge in [0.15, 0.2) is 0 Å². The Hall–Kier alpha value is -1.40. The second-order valence-corrected chi connectivity index (χ2v) is 17.8. The molecule has 0 aliphatic rings. The molecule has 0 unspecified atom stereocenters. The maximum absolute atomic E-state index is 14.2. The zero-order chi connectivity index (χ0) is 27.8. The van der Waals surface area contributed by atoms with Crippen molar-refractivity contribution in [3.05, 3.63) is 24.3 Å². The van der Waals surface area contributed by atoms with Crippen LogP contribution in [0.15, 0.2) is 24.3 Å². The molecule has 0 bridgehead atoms. The summed E-state index contributed by atoms with van der Waals surface area (Å²) in [7, 11) is 0. The first-order valence-corrected chi connectivity index (χ1v) is 17.5. The van der Waals surface area contributed by atoms with Crippen molar-refractivity contribution in [2.45, 2.75) is 136 Å². The summed E-state index contributed by atoms with van der Waals surface area (Å²) in [6.07, 6.45) is 15.0. The van der Waals surface area contributed by atoms with Crippen molar-refractivity contribution in [3.8, 4) is 0 Å². The van der Waals surface area contributed by atoms with Crippen LogP contribution in [0.1, 0.15) is 131 Å². The molecule has 0 spiro atoms. The van der Waals surface area contributed by atoms with Crippen molar-refractivity contribution >= 4 is 16.0 Å². The minimum atomic E-state index is -6.42. The maximum atomic E-state index is 14.2. The van der Waals surface area contributed by atoms with Gasteiger partial charge >= 0.3 is 183 Å². The van der Waals surface area contributed by atoms with Gasteiger partial charge in [0.25, 0.3) is 0 Å². The van der Waals surface area contributed by atoms with Crippen LogP contribution in [0.25, 0.3) is 0 Å². The van der Waals surface area contributed by atoms with E-state index in [-0.39, 0.29) is 17.6 Å². The number of carbonyl (C=O) groups excluding carboxylic acids is 3. The van der Waals surface area contributed by atoms with Gasteiger partial charge in [-0.3, -0.25) is 0 Å². The molecule has 6 nitrogen and oxygen atoms in total. The van der Waals surface area contributed by atoms with E-state index >= 15 is 0 Å². The molecule has 0 saturated carbocycles. The first-order chi connectivity index (χ1) is 16.7. The van der Waals surface area contributed by atoms with Gasteiger partial charge in [-0.15, -0.1) is 0 Å². The molecule has 36 heavy (non-hydrogen) atoms. The third kappa shape index (κ3) is 12.2. The van der Waals surface area contributed by atoms with Gasteiger partial charge in [0.2, 0.25) is 0 Å². The number of carbonyl (C=O) groups is 3. The van der Waals surface area contributed by atoms with E-state index in [0.29, 0.717) is 6.42 Å². The molecule has 0 saturated heterocycles. The fourth-order valence-corrected chi connectivity index (χ4v) is 8.83. The quantitative estimate of drug-likeness (QED) is 0.0817. The Balaban J connectivity index is 4.58. The monoisotopic (exact) mass is 544 g/mol. The van der Waals surface area contributed by atoms with Gasteiger partial charge in [0.05, 0.1) is 0 Å². The van der Waals surface area contributed by atoms with Crippen LogP contribution in [0.3, 0.4) is 0 Å². The van der Waals surface area contributed by atoms with Gasteiger partial charge < -0.3 is 0 Å². The first-order valence-electron chi connectivity index (χ1n) is 13.9. The second-order valence-electron chi connectivity index (χ2n) is 11.1. The predicted molar refractivity (Wildman–Crippen MR) is 142 cm³/mol. The molecule has 0 amide bonds. The molecular weight excluding hydrogens is 492 g/mol. The molecule has 0 N–H and O–H groups in total. The predicted octanol–water partition coefficient (Wildman–Crippen LogP) is 8.56. The molecule has 0 aliphatic carbocycles. The van der Waals surface area contributed by atoms with E-state index in [1.165, 1.54) is 85.5 Å². The Morgan fingerprint density at radius 1 is 0.639 bits per heavy atom. The molecule has 208 valence electrons.